The number of fused-ring (bicyclic) bond motifs is 1. The monoisotopic (exact) mass is 501 g/mol. The quantitative estimate of drug-likeness (QED) is 0.416. The van der Waals surface area contributed by atoms with Gasteiger partial charge in [0.2, 0.25) is 0 Å². The number of halogens is 4. The van der Waals surface area contributed by atoms with Crippen molar-refractivity contribution in [3.8, 4) is 0 Å². The Morgan fingerprint density at radius 2 is 1.92 bits per heavy atom. The van der Waals surface area contributed by atoms with Crippen LogP contribution in [-0.4, -0.2) is 48.9 Å². The van der Waals surface area contributed by atoms with Gasteiger partial charge in [-0.3, -0.25) is 0 Å². The lowest BCUT2D eigenvalue weighted by molar-refractivity contribution is -0.148. The number of hydrogen-bond donors (Lipinski definition) is 1. The van der Waals surface area contributed by atoms with Gasteiger partial charge in [0.25, 0.3) is 5.82 Å². The van der Waals surface area contributed by atoms with Crippen LogP contribution < -0.4 is 0 Å². The number of nitrogens with zero attached hydrogens (tertiary/aromatic N) is 5. The van der Waals surface area contributed by atoms with E-state index < -0.39 is 17.6 Å². The Hall–Kier alpha value is -3.31. The number of alkyl halides is 3. The SMILES string of the molecule is OC[C@H]1CC[C@@]2(C[C@@H](c3cccc4ccn(-n5nnnc5C(F)(F)F)c34)CO2)[C@@H]1c1ccc(F)cc1. The molecule has 2 fully saturated rings. The summed E-state index contributed by atoms with van der Waals surface area (Å²) >= 11 is 0. The lowest BCUT2D eigenvalue weighted by Crippen LogP contribution is -2.34. The van der Waals surface area contributed by atoms with E-state index in [1.54, 1.807) is 18.2 Å². The van der Waals surface area contributed by atoms with E-state index in [9.17, 15) is 22.7 Å². The topological polar surface area (TPSA) is 78.0 Å². The third kappa shape index (κ3) is 3.60. The second-order valence-corrected chi connectivity index (χ2v) is 9.62. The molecule has 2 aliphatic rings. The second kappa shape index (κ2) is 8.38. The van der Waals surface area contributed by atoms with Gasteiger partial charge in [-0.05, 0) is 64.9 Å². The normalized spacial score (nSPS) is 26.4. The van der Waals surface area contributed by atoms with Crippen molar-refractivity contribution in [1.29, 1.82) is 0 Å². The van der Waals surface area contributed by atoms with Crippen LogP contribution in [0.4, 0.5) is 17.6 Å². The number of aliphatic hydroxyl groups is 1. The molecular weight excluding hydrogens is 478 g/mol. The number of benzene rings is 2. The maximum Gasteiger partial charge on any atom is 0.455 e. The number of para-hydroxylation sites is 1. The van der Waals surface area contributed by atoms with Crippen molar-refractivity contribution in [2.24, 2.45) is 5.92 Å². The molecule has 1 aliphatic heterocycles. The van der Waals surface area contributed by atoms with E-state index in [2.05, 4.69) is 15.5 Å². The van der Waals surface area contributed by atoms with Crippen molar-refractivity contribution in [1.82, 2.24) is 25.0 Å². The molecule has 4 atom stereocenters. The predicted molar refractivity (Wildman–Crippen MR) is 121 cm³/mol. The summed E-state index contributed by atoms with van der Waals surface area (Å²) in [5.41, 5.74) is 1.78. The van der Waals surface area contributed by atoms with Gasteiger partial charge in [-0.2, -0.15) is 13.2 Å². The molecule has 11 heteroatoms. The minimum absolute atomic E-state index is 0.00420. The Kier molecular flexibility index (Phi) is 5.38. The van der Waals surface area contributed by atoms with Gasteiger partial charge < -0.3 is 9.84 Å². The molecule has 6 rings (SSSR count). The lowest BCUT2D eigenvalue weighted by Gasteiger charge is -2.33. The van der Waals surface area contributed by atoms with Crippen LogP contribution in [0.25, 0.3) is 10.9 Å². The minimum atomic E-state index is -4.72. The second-order valence-electron chi connectivity index (χ2n) is 9.62. The fourth-order valence-corrected chi connectivity index (χ4v) is 6.21. The van der Waals surface area contributed by atoms with Crippen molar-refractivity contribution in [2.45, 2.75) is 42.9 Å². The predicted octanol–water partition coefficient (Wildman–Crippen LogP) is 4.53. The van der Waals surface area contributed by atoms with Crippen molar-refractivity contribution in [2.75, 3.05) is 13.2 Å². The molecule has 1 N–H and O–H groups in total. The first-order valence-electron chi connectivity index (χ1n) is 11.8. The molecule has 7 nitrogen and oxygen atoms in total. The largest absolute Gasteiger partial charge is 0.455 e. The highest BCUT2D eigenvalue weighted by molar-refractivity contribution is 5.84. The molecule has 2 aromatic carbocycles. The van der Waals surface area contributed by atoms with Gasteiger partial charge in [-0.25, -0.2) is 9.07 Å². The van der Waals surface area contributed by atoms with Crippen molar-refractivity contribution in [3.63, 3.8) is 0 Å². The molecule has 0 bridgehead atoms. The molecule has 1 saturated carbocycles. The molecule has 0 amide bonds. The minimum Gasteiger partial charge on any atom is -0.396 e. The summed E-state index contributed by atoms with van der Waals surface area (Å²) < 4.78 is 62.0. The van der Waals surface area contributed by atoms with E-state index in [0.29, 0.717) is 23.3 Å². The van der Waals surface area contributed by atoms with Crippen LogP contribution in [0.15, 0.2) is 54.7 Å². The zero-order valence-electron chi connectivity index (χ0n) is 19.1. The van der Waals surface area contributed by atoms with Crippen LogP contribution in [0.5, 0.6) is 0 Å². The fraction of sp³-hybridized carbons (Fsp3) is 0.400. The maximum atomic E-state index is 13.6. The van der Waals surface area contributed by atoms with E-state index in [1.807, 2.05) is 18.2 Å². The average Bonchev–Trinajstić information content (AvgIpc) is 3.65. The first-order valence-corrected chi connectivity index (χ1v) is 11.8. The summed E-state index contributed by atoms with van der Waals surface area (Å²) in [6, 6.07) is 13.7. The van der Waals surface area contributed by atoms with E-state index in [1.165, 1.54) is 23.0 Å². The standard InChI is InChI=1S/C25H23F4N5O2/c26-19-6-4-15(5-7-19)21-17(13-35)8-10-24(21)12-18(14-36-24)20-3-1-2-16-9-11-33(22(16)20)34-23(25(27,28)29)30-31-32-34/h1-7,9,11,17-18,21,35H,8,10,12-14H2/t17-,18-,21-,24-/m1/s1. The Bertz CT molecular complexity index is 1400. The van der Waals surface area contributed by atoms with Crippen LogP contribution in [0.3, 0.4) is 0 Å². The van der Waals surface area contributed by atoms with E-state index in [-0.39, 0.29) is 30.2 Å². The van der Waals surface area contributed by atoms with E-state index >= 15 is 0 Å². The Morgan fingerprint density at radius 3 is 2.67 bits per heavy atom. The average molecular weight is 501 g/mol. The Balaban J connectivity index is 1.40. The number of rotatable bonds is 4. The van der Waals surface area contributed by atoms with Crippen molar-refractivity contribution in [3.05, 3.63) is 77.5 Å². The fourth-order valence-electron chi connectivity index (χ4n) is 6.21. The number of tetrazole rings is 1. The van der Waals surface area contributed by atoms with Gasteiger partial charge in [0.15, 0.2) is 0 Å². The smallest absolute Gasteiger partial charge is 0.396 e. The van der Waals surface area contributed by atoms with Gasteiger partial charge in [-0.1, -0.05) is 30.3 Å². The third-order valence-electron chi connectivity index (χ3n) is 7.68. The highest BCUT2D eigenvalue weighted by Gasteiger charge is 2.54. The summed E-state index contributed by atoms with van der Waals surface area (Å²) in [5, 5.41) is 20.9. The Labute approximate surface area is 203 Å². The maximum absolute atomic E-state index is 13.6. The molecule has 3 heterocycles. The van der Waals surface area contributed by atoms with Gasteiger partial charge in [0.1, 0.15) is 5.82 Å². The van der Waals surface area contributed by atoms with Crippen molar-refractivity contribution >= 4 is 10.9 Å². The molecule has 36 heavy (non-hydrogen) atoms. The summed E-state index contributed by atoms with van der Waals surface area (Å²) in [7, 11) is 0. The van der Waals surface area contributed by atoms with Crippen LogP contribution in [0.1, 0.15) is 48.0 Å². The molecule has 188 valence electrons. The molecule has 2 aromatic heterocycles. The van der Waals surface area contributed by atoms with Crippen LogP contribution in [0, 0.1) is 11.7 Å². The molecule has 1 saturated heterocycles. The highest BCUT2D eigenvalue weighted by atomic mass is 19.4. The highest BCUT2D eigenvalue weighted by Crippen LogP contribution is 2.56. The van der Waals surface area contributed by atoms with Crippen molar-refractivity contribution < 1.29 is 27.4 Å². The third-order valence-corrected chi connectivity index (χ3v) is 7.68. The Morgan fingerprint density at radius 1 is 1.11 bits per heavy atom. The van der Waals surface area contributed by atoms with Gasteiger partial charge in [0.05, 0.1) is 17.7 Å². The lowest BCUT2D eigenvalue weighted by atomic mass is 9.76. The summed E-state index contributed by atoms with van der Waals surface area (Å²) in [6.45, 7) is 0.373. The van der Waals surface area contributed by atoms with Gasteiger partial charge in [-0.15, -0.1) is 9.89 Å². The van der Waals surface area contributed by atoms with Gasteiger partial charge in [0, 0.05) is 30.0 Å². The van der Waals surface area contributed by atoms with Crippen LogP contribution in [-0.2, 0) is 10.9 Å². The van der Waals surface area contributed by atoms with Crippen LogP contribution >= 0.6 is 0 Å². The zero-order valence-corrected chi connectivity index (χ0v) is 19.1. The van der Waals surface area contributed by atoms with E-state index in [0.717, 1.165) is 29.4 Å². The summed E-state index contributed by atoms with van der Waals surface area (Å²) in [5.74, 6) is -1.79. The molecule has 1 aliphatic carbocycles. The molecule has 1 spiro atoms. The number of aromatic nitrogens is 5. The molecule has 0 unspecified atom stereocenters. The summed E-state index contributed by atoms with van der Waals surface area (Å²) in [6.07, 6.45) is -1.08. The van der Waals surface area contributed by atoms with Crippen LogP contribution in [0.2, 0.25) is 0 Å². The van der Waals surface area contributed by atoms with Gasteiger partial charge >= 0.3 is 6.18 Å². The zero-order chi connectivity index (χ0) is 25.1. The number of aliphatic hydroxyl groups excluding tert-OH is 1. The molecule has 4 aromatic rings. The first-order chi connectivity index (χ1) is 17.3. The van der Waals surface area contributed by atoms with E-state index in [4.69, 9.17) is 4.74 Å². The molecular formula is C25H23F4N5O2. The summed E-state index contributed by atoms with van der Waals surface area (Å²) in [4.78, 5) is 0.663. The number of hydrogen-bond acceptors (Lipinski definition) is 5. The molecule has 0 radical (unpaired) electrons. The number of ether oxygens (including phenoxy) is 1. The first kappa shape index (κ1) is 23.1.